The average molecular weight is 275 g/mol. The summed E-state index contributed by atoms with van der Waals surface area (Å²) in [5.74, 6) is 2.89. The van der Waals surface area contributed by atoms with E-state index in [1.165, 1.54) is 19.2 Å². The Labute approximate surface area is 106 Å². The number of carbonyl (C=O) groups is 3. The molecule has 0 aliphatic heterocycles. The summed E-state index contributed by atoms with van der Waals surface area (Å²) in [6.07, 6.45) is 0. The summed E-state index contributed by atoms with van der Waals surface area (Å²) in [6.45, 7) is 0.0139. The van der Waals surface area contributed by atoms with Crippen LogP contribution in [0.2, 0.25) is 0 Å². The van der Waals surface area contributed by atoms with Crippen molar-refractivity contribution in [2.24, 2.45) is 11.6 Å². The number of carbonyl (C=O) groups excluding carboxylic acids is 2. The van der Waals surface area contributed by atoms with Crippen LogP contribution in [0, 0.1) is 0 Å². The second-order valence-corrected chi connectivity index (χ2v) is 3.93. The second-order valence-electron chi connectivity index (χ2n) is 2.84. The van der Waals surface area contributed by atoms with Crippen molar-refractivity contribution in [2.45, 2.75) is 0 Å². The number of hydrogen-bond donors (Lipinski definition) is 4. The molecular formula is C9H13N3O5S. The molecule has 0 fully saturated rings. The van der Waals surface area contributed by atoms with Crippen molar-refractivity contribution in [1.82, 2.24) is 5.43 Å². The van der Waals surface area contributed by atoms with Gasteiger partial charge in [-0.15, -0.1) is 11.3 Å². The monoisotopic (exact) mass is 275 g/mol. The number of amides is 2. The number of ether oxygens (including phenoxy) is 1. The fraction of sp³-hybridized carbons (Fsp3) is 0.222. The predicted molar refractivity (Wildman–Crippen MR) is 64.0 cm³/mol. The summed E-state index contributed by atoms with van der Waals surface area (Å²) >= 11 is 0.882. The molecule has 100 valence electrons. The van der Waals surface area contributed by atoms with E-state index in [4.69, 9.17) is 10.9 Å². The molecule has 18 heavy (non-hydrogen) atoms. The van der Waals surface area contributed by atoms with E-state index in [9.17, 15) is 14.4 Å². The number of hydrazine groups is 1. The number of nitrogens with one attached hydrogen (secondary N) is 1. The first-order valence-corrected chi connectivity index (χ1v) is 5.35. The van der Waals surface area contributed by atoms with Crippen molar-refractivity contribution in [3.63, 3.8) is 0 Å². The van der Waals surface area contributed by atoms with Crippen LogP contribution in [0.1, 0.15) is 19.3 Å². The van der Waals surface area contributed by atoms with E-state index >= 15 is 0 Å². The molecule has 6 N–H and O–H groups in total. The van der Waals surface area contributed by atoms with Gasteiger partial charge in [-0.05, 0) is 12.1 Å². The topological polar surface area (TPSA) is 145 Å². The third-order valence-corrected chi connectivity index (χ3v) is 2.53. The van der Waals surface area contributed by atoms with Crippen LogP contribution >= 0.6 is 11.3 Å². The quantitative estimate of drug-likeness (QED) is 0.320. The number of rotatable bonds is 4. The molecule has 2 amide bonds. The van der Waals surface area contributed by atoms with Crippen LogP contribution in [0.15, 0.2) is 12.1 Å². The summed E-state index contributed by atoms with van der Waals surface area (Å²) < 4.78 is 4.33. The maximum absolute atomic E-state index is 10.8. The van der Waals surface area contributed by atoms with Crippen molar-refractivity contribution in [3.8, 4) is 0 Å². The van der Waals surface area contributed by atoms with Crippen molar-refractivity contribution >= 4 is 29.1 Å². The molecule has 0 aliphatic carbocycles. The van der Waals surface area contributed by atoms with Gasteiger partial charge in [0, 0.05) is 7.11 Å². The zero-order chi connectivity index (χ0) is 14.1. The van der Waals surface area contributed by atoms with Crippen LogP contribution in [0.3, 0.4) is 0 Å². The highest BCUT2D eigenvalue weighted by Gasteiger charge is 2.10. The van der Waals surface area contributed by atoms with Gasteiger partial charge in [-0.1, -0.05) is 0 Å². The largest absolute Gasteiger partial charge is 0.477 e. The van der Waals surface area contributed by atoms with E-state index in [0.717, 1.165) is 11.3 Å². The lowest BCUT2D eigenvalue weighted by atomic mass is 10.4. The maximum Gasteiger partial charge on any atom is 0.345 e. The summed E-state index contributed by atoms with van der Waals surface area (Å²) in [6, 6.07) is 2.77. The van der Waals surface area contributed by atoms with E-state index in [0.29, 0.717) is 0 Å². The van der Waals surface area contributed by atoms with Gasteiger partial charge >= 0.3 is 5.97 Å². The lowest BCUT2D eigenvalue weighted by molar-refractivity contribution is -0.121. The first kappa shape index (κ1) is 16.0. The standard InChI is InChI=1S/C6H6N2O3S.C3H7NO2/c7-8-5(9)3-1-2-4(12-3)6(10)11;1-6-2-3(4)5/h1-2H,7H2,(H,8,9)(H,10,11);2H2,1H3,(H2,4,5). The molecule has 0 unspecified atom stereocenters. The number of thiophene rings is 1. The first-order chi connectivity index (χ1) is 8.42. The Morgan fingerprint density at radius 1 is 1.39 bits per heavy atom. The van der Waals surface area contributed by atoms with Crippen molar-refractivity contribution in [1.29, 1.82) is 0 Å². The van der Waals surface area contributed by atoms with Gasteiger partial charge in [-0.2, -0.15) is 0 Å². The van der Waals surface area contributed by atoms with E-state index in [1.54, 1.807) is 0 Å². The minimum absolute atomic E-state index is 0.0139. The van der Waals surface area contributed by atoms with Gasteiger partial charge in [0.2, 0.25) is 5.91 Å². The molecule has 0 radical (unpaired) electrons. The average Bonchev–Trinajstić information content (AvgIpc) is 2.78. The molecule has 9 heteroatoms. The van der Waals surface area contributed by atoms with E-state index < -0.39 is 17.8 Å². The summed E-state index contributed by atoms with van der Waals surface area (Å²) in [4.78, 5) is 31.3. The minimum Gasteiger partial charge on any atom is -0.477 e. The summed E-state index contributed by atoms with van der Waals surface area (Å²) in [5.41, 5.74) is 6.55. The molecule has 0 atom stereocenters. The molecule has 0 spiro atoms. The molecule has 0 bridgehead atoms. The van der Waals surface area contributed by atoms with Crippen LogP contribution in [0.5, 0.6) is 0 Å². The highest BCUT2D eigenvalue weighted by atomic mass is 32.1. The number of nitrogens with two attached hydrogens (primary N) is 2. The van der Waals surface area contributed by atoms with E-state index in [-0.39, 0.29) is 16.4 Å². The molecule has 1 heterocycles. The van der Waals surface area contributed by atoms with Gasteiger partial charge in [-0.25, -0.2) is 10.6 Å². The summed E-state index contributed by atoms with van der Waals surface area (Å²) in [5, 5.41) is 8.50. The molecule has 1 rings (SSSR count). The van der Waals surface area contributed by atoms with Crippen LogP contribution < -0.4 is 17.0 Å². The normalized spacial score (nSPS) is 9.00. The number of primary amides is 1. The van der Waals surface area contributed by atoms with E-state index in [2.05, 4.69) is 10.5 Å². The van der Waals surface area contributed by atoms with Crippen LogP contribution in [0.4, 0.5) is 0 Å². The van der Waals surface area contributed by atoms with Gasteiger partial charge < -0.3 is 15.6 Å². The van der Waals surface area contributed by atoms with Gasteiger partial charge in [0.15, 0.2) is 0 Å². The van der Waals surface area contributed by atoms with Crippen LogP contribution in [-0.2, 0) is 9.53 Å². The Morgan fingerprint density at radius 2 is 1.94 bits per heavy atom. The SMILES string of the molecule is COCC(N)=O.NNC(=O)c1ccc(C(=O)O)s1. The maximum atomic E-state index is 10.8. The number of hydrogen-bond acceptors (Lipinski definition) is 6. The molecule has 0 saturated heterocycles. The number of carboxylic acids is 1. The third kappa shape index (κ3) is 5.94. The molecule has 8 nitrogen and oxygen atoms in total. The highest BCUT2D eigenvalue weighted by molar-refractivity contribution is 7.15. The fourth-order valence-corrected chi connectivity index (χ4v) is 1.54. The lowest BCUT2D eigenvalue weighted by Crippen LogP contribution is -2.29. The Morgan fingerprint density at radius 3 is 2.22 bits per heavy atom. The Bertz CT molecular complexity index is 432. The van der Waals surface area contributed by atoms with Gasteiger partial charge in [0.1, 0.15) is 11.5 Å². The molecule has 0 aliphatic rings. The van der Waals surface area contributed by atoms with Crippen LogP contribution in [-0.4, -0.2) is 36.6 Å². The van der Waals surface area contributed by atoms with E-state index in [1.807, 2.05) is 5.43 Å². The van der Waals surface area contributed by atoms with Crippen molar-refractivity contribution in [3.05, 3.63) is 21.9 Å². The first-order valence-electron chi connectivity index (χ1n) is 4.53. The Balaban J connectivity index is 0.000000411. The number of nitrogen functional groups attached to an aromatic ring is 1. The van der Waals surface area contributed by atoms with Crippen molar-refractivity contribution < 1.29 is 24.2 Å². The Kier molecular flexibility index (Phi) is 7.28. The minimum atomic E-state index is -1.05. The zero-order valence-electron chi connectivity index (χ0n) is 9.50. The molecule has 1 aromatic rings. The predicted octanol–water partition coefficient (Wildman–Crippen LogP) is -0.832. The zero-order valence-corrected chi connectivity index (χ0v) is 10.3. The smallest absolute Gasteiger partial charge is 0.345 e. The lowest BCUT2D eigenvalue weighted by Gasteiger charge is -1.91. The van der Waals surface area contributed by atoms with Gasteiger partial charge in [0.05, 0.1) is 4.88 Å². The molecule has 0 aromatic carbocycles. The Hall–Kier alpha value is -1.97. The number of carboxylic acid groups (broad SMARTS) is 1. The number of methoxy groups -OCH3 is 1. The molecular weight excluding hydrogens is 262 g/mol. The van der Waals surface area contributed by atoms with Gasteiger partial charge in [-0.3, -0.25) is 15.0 Å². The summed E-state index contributed by atoms with van der Waals surface area (Å²) in [7, 11) is 1.42. The third-order valence-electron chi connectivity index (χ3n) is 1.46. The second kappa shape index (κ2) is 8.17. The highest BCUT2D eigenvalue weighted by Crippen LogP contribution is 2.15. The molecule has 1 aromatic heterocycles. The van der Waals surface area contributed by atoms with Gasteiger partial charge in [0.25, 0.3) is 5.91 Å². The van der Waals surface area contributed by atoms with Crippen molar-refractivity contribution in [2.75, 3.05) is 13.7 Å². The fourth-order valence-electron chi connectivity index (χ4n) is 0.788. The number of aromatic carboxylic acids is 1. The molecule has 0 saturated carbocycles. The van der Waals surface area contributed by atoms with Crippen LogP contribution in [0.25, 0.3) is 0 Å².